The molecule has 0 bridgehead atoms. The van der Waals surface area contributed by atoms with Crippen LogP contribution in [0.4, 0.5) is 0 Å². The van der Waals surface area contributed by atoms with Crippen LogP contribution in [0.3, 0.4) is 0 Å². The molecule has 2 aromatic rings. The number of hydrogen-bond donors (Lipinski definition) is 2. The van der Waals surface area contributed by atoms with E-state index in [-0.39, 0.29) is 16.1 Å². The van der Waals surface area contributed by atoms with Crippen molar-refractivity contribution in [2.75, 3.05) is 13.2 Å². The summed E-state index contributed by atoms with van der Waals surface area (Å²) in [5, 5.41) is 9.23. The van der Waals surface area contributed by atoms with E-state index in [0.29, 0.717) is 22.7 Å². The van der Waals surface area contributed by atoms with Gasteiger partial charge in [-0.3, -0.25) is 0 Å². The van der Waals surface area contributed by atoms with E-state index < -0.39 is 22.6 Å². The molecule has 0 aliphatic rings. The zero-order chi connectivity index (χ0) is 22.5. The molecule has 160 valence electrons. The van der Waals surface area contributed by atoms with Crippen LogP contribution in [-0.2, 0) is 14.8 Å². The van der Waals surface area contributed by atoms with E-state index in [0.717, 1.165) is 5.56 Å². The van der Waals surface area contributed by atoms with Gasteiger partial charge in [0.1, 0.15) is 5.75 Å². The fourth-order valence-electron chi connectivity index (χ4n) is 2.30. The average Bonchev–Trinajstić information content (AvgIpc) is 2.64. The number of aryl methyl sites for hydroxylation is 1. The molecule has 2 aromatic carbocycles. The maximum Gasteiger partial charge on any atom is 0.341 e. The van der Waals surface area contributed by atoms with E-state index in [9.17, 15) is 13.2 Å². The zero-order valence-electron chi connectivity index (χ0n) is 17.2. The van der Waals surface area contributed by atoms with Gasteiger partial charge in [-0.05, 0) is 48.2 Å². The highest BCUT2D eigenvalue weighted by Gasteiger charge is 2.19. The van der Waals surface area contributed by atoms with Crippen molar-refractivity contribution in [2.24, 2.45) is 5.41 Å². The third kappa shape index (κ3) is 7.06. The Morgan fingerprint density at radius 2 is 1.80 bits per heavy atom. The summed E-state index contributed by atoms with van der Waals surface area (Å²) in [6.07, 6.45) is 0. The Bertz CT molecular complexity index is 1110. The SMILES string of the molecule is Cc1ccc(S(=O)(=O)NCC(C)(C)C)cc1C#Cc1cc(Cl)ccc1OCC(=O)O. The lowest BCUT2D eigenvalue weighted by atomic mass is 9.98. The normalized spacial score (nSPS) is 11.5. The minimum atomic E-state index is -3.68. The predicted molar refractivity (Wildman–Crippen MR) is 116 cm³/mol. The molecule has 0 fully saturated rings. The Morgan fingerprint density at radius 1 is 1.13 bits per heavy atom. The van der Waals surface area contributed by atoms with Crippen molar-refractivity contribution in [3.05, 3.63) is 58.1 Å². The van der Waals surface area contributed by atoms with Crippen LogP contribution >= 0.6 is 11.6 Å². The average molecular weight is 450 g/mol. The molecular formula is C22H24ClNO5S. The Labute approximate surface area is 182 Å². The highest BCUT2D eigenvalue weighted by molar-refractivity contribution is 7.89. The topological polar surface area (TPSA) is 92.7 Å². The summed E-state index contributed by atoms with van der Waals surface area (Å²) in [5.41, 5.74) is 1.53. The number of nitrogens with one attached hydrogen (secondary N) is 1. The molecule has 0 atom stereocenters. The van der Waals surface area contributed by atoms with Gasteiger partial charge in [-0.25, -0.2) is 17.9 Å². The van der Waals surface area contributed by atoms with Crippen molar-refractivity contribution in [1.29, 1.82) is 0 Å². The van der Waals surface area contributed by atoms with Crippen LogP contribution in [0.15, 0.2) is 41.3 Å². The molecule has 0 aliphatic carbocycles. The smallest absolute Gasteiger partial charge is 0.341 e. The number of sulfonamides is 1. The van der Waals surface area contributed by atoms with Gasteiger partial charge in [-0.1, -0.05) is 50.3 Å². The van der Waals surface area contributed by atoms with E-state index in [1.807, 2.05) is 27.7 Å². The number of halogens is 1. The van der Waals surface area contributed by atoms with Crippen molar-refractivity contribution in [1.82, 2.24) is 4.72 Å². The number of aliphatic carboxylic acids is 1. The highest BCUT2D eigenvalue weighted by Crippen LogP contribution is 2.23. The van der Waals surface area contributed by atoms with Crippen molar-refractivity contribution in [2.45, 2.75) is 32.6 Å². The van der Waals surface area contributed by atoms with Gasteiger partial charge in [0.05, 0.1) is 10.5 Å². The standard InChI is InChI=1S/C22H24ClNO5S/c1-15-5-9-19(30(27,28)24-14-22(2,3)4)12-16(15)6-7-17-11-18(23)8-10-20(17)29-13-21(25)26/h5,8-12,24H,13-14H2,1-4H3,(H,25,26). The Kier molecular flexibility index (Phi) is 7.54. The van der Waals surface area contributed by atoms with Crippen LogP contribution < -0.4 is 9.46 Å². The summed E-state index contributed by atoms with van der Waals surface area (Å²) >= 11 is 6.02. The fraction of sp³-hybridized carbons (Fsp3) is 0.318. The summed E-state index contributed by atoms with van der Waals surface area (Å²) in [7, 11) is -3.68. The van der Waals surface area contributed by atoms with Crippen LogP contribution in [0.2, 0.25) is 5.02 Å². The highest BCUT2D eigenvalue weighted by atomic mass is 35.5. The third-order valence-corrected chi connectivity index (χ3v) is 5.57. The summed E-state index contributed by atoms with van der Waals surface area (Å²) < 4.78 is 33.1. The molecule has 0 heterocycles. The van der Waals surface area contributed by atoms with Gasteiger partial charge in [-0.15, -0.1) is 0 Å². The fourth-order valence-corrected chi connectivity index (χ4v) is 3.78. The lowest BCUT2D eigenvalue weighted by molar-refractivity contribution is -0.139. The molecule has 2 N–H and O–H groups in total. The number of carboxylic acid groups (broad SMARTS) is 1. The zero-order valence-corrected chi connectivity index (χ0v) is 18.8. The lowest BCUT2D eigenvalue weighted by Crippen LogP contribution is -2.32. The molecule has 0 radical (unpaired) electrons. The molecule has 8 heteroatoms. The molecule has 6 nitrogen and oxygen atoms in total. The van der Waals surface area contributed by atoms with Crippen LogP contribution in [0, 0.1) is 24.2 Å². The Morgan fingerprint density at radius 3 is 2.43 bits per heavy atom. The van der Waals surface area contributed by atoms with Gasteiger partial charge in [0.2, 0.25) is 10.0 Å². The quantitative estimate of drug-likeness (QED) is 0.653. The van der Waals surface area contributed by atoms with E-state index in [4.69, 9.17) is 21.4 Å². The van der Waals surface area contributed by atoms with Gasteiger partial charge < -0.3 is 9.84 Å². The first-order valence-electron chi connectivity index (χ1n) is 9.14. The van der Waals surface area contributed by atoms with E-state index in [1.165, 1.54) is 12.1 Å². The van der Waals surface area contributed by atoms with Crippen molar-refractivity contribution >= 4 is 27.6 Å². The van der Waals surface area contributed by atoms with E-state index >= 15 is 0 Å². The first-order valence-corrected chi connectivity index (χ1v) is 11.0. The van der Waals surface area contributed by atoms with Gasteiger partial charge in [0.25, 0.3) is 0 Å². The molecule has 0 aliphatic heterocycles. The maximum atomic E-state index is 12.6. The van der Waals surface area contributed by atoms with Crippen LogP contribution in [-0.4, -0.2) is 32.6 Å². The van der Waals surface area contributed by atoms with Crippen molar-refractivity contribution < 1.29 is 23.1 Å². The molecule has 30 heavy (non-hydrogen) atoms. The largest absolute Gasteiger partial charge is 0.481 e. The number of ether oxygens (including phenoxy) is 1. The predicted octanol–water partition coefficient (Wildman–Crippen LogP) is 3.84. The number of carboxylic acids is 1. The molecule has 0 aromatic heterocycles. The number of carbonyl (C=O) groups is 1. The van der Waals surface area contributed by atoms with Crippen molar-refractivity contribution in [3.8, 4) is 17.6 Å². The monoisotopic (exact) mass is 449 g/mol. The third-order valence-electron chi connectivity index (χ3n) is 3.94. The molecule has 0 unspecified atom stereocenters. The Balaban J connectivity index is 2.38. The van der Waals surface area contributed by atoms with Crippen LogP contribution in [0.25, 0.3) is 0 Å². The summed E-state index contributed by atoms with van der Waals surface area (Å²) in [4.78, 5) is 10.9. The van der Waals surface area contributed by atoms with Crippen molar-refractivity contribution in [3.63, 3.8) is 0 Å². The molecule has 2 rings (SSSR count). The molecular weight excluding hydrogens is 426 g/mol. The summed E-state index contributed by atoms with van der Waals surface area (Å²) in [6.45, 7) is 7.44. The second kappa shape index (κ2) is 9.52. The first kappa shape index (κ1) is 23.7. The minimum absolute atomic E-state index is 0.120. The minimum Gasteiger partial charge on any atom is -0.481 e. The molecule has 0 amide bonds. The number of benzene rings is 2. The summed E-state index contributed by atoms with van der Waals surface area (Å²) in [5.74, 6) is 5.01. The molecule has 0 saturated carbocycles. The van der Waals surface area contributed by atoms with Crippen LogP contribution in [0.1, 0.15) is 37.5 Å². The van der Waals surface area contributed by atoms with Gasteiger partial charge in [0.15, 0.2) is 6.61 Å². The van der Waals surface area contributed by atoms with Crippen LogP contribution in [0.5, 0.6) is 5.75 Å². The number of rotatable bonds is 6. The lowest BCUT2D eigenvalue weighted by Gasteiger charge is -2.19. The van der Waals surface area contributed by atoms with E-state index in [2.05, 4.69) is 16.6 Å². The van der Waals surface area contributed by atoms with Gasteiger partial charge >= 0.3 is 5.97 Å². The molecule has 0 spiro atoms. The number of hydrogen-bond acceptors (Lipinski definition) is 4. The second-order valence-corrected chi connectivity index (χ2v) is 10.1. The summed E-state index contributed by atoms with van der Waals surface area (Å²) in [6, 6.07) is 9.41. The van der Waals surface area contributed by atoms with Gasteiger partial charge in [0, 0.05) is 17.1 Å². The van der Waals surface area contributed by atoms with E-state index in [1.54, 1.807) is 24.3 Å². The Hall–Kier alpha value is -2.53. The molecule has 0 saturated heterocycles. The second-order valence-electron chi connectivity index (χ2n) is 7.93. The first-order chi connectivity index (χ1) is 13.9. The maximum absolute atomic E-state index is 12.6. The van der Waals surface area contributed by atoms with Gasteiger partial charge in [-0.2, -0.15) is 0 Å².